The summed E-state index contributed by atoms with van der Waals surface area (Å²) >= 11 is 0. The molecule has 1 aliphatic carbocycles. The van der Waals surface area contributed by atoms with Gasteiger partial charge in [-0.05, 0) is 71.7 Å². The third-order valence-electron chi connectivity index (χ3n) is 8.57. The Kier molecular flexibility index (Phi) is 7.12. The number of ether oxygens (including phenoxy) is 1. The van der Waals surface area contributed by atoms with Gasteiger partial charge < -0.3 is 20.7 Å². The minimum atomic E-state index is -1.33. The molecule has 4 heterocycles. The van der Waals surface area contributed by atoms with E-state index in [1.54, 1.807) is 35.2 Å². The Balaban J connectivity index is 1.33. The van der Waals surface area contributed by atoms with E-state index in [1.807, 2.05) is 13.0 Å². The quantitative estimate of drug-likeness (QED) is 0.346. The number of imidazole rings is 1. The Morgan fingerprint density at radius 2 is 1.85 bits per heavy atom. The Hall–Kier alpha value is -3.31. The summed E-state index contributed by atoms with van der Waals surface area (Å²) in [6.07, 6.45) is 7.16. The number of aliphatic hydroxyl groups is 2. The smallest absolute Gasteiger partial charge is 0.136 e. The van der Waals surface area contributed by atoms with Crippen LogP contribution in [0.25, 0.3) is 16.8 Å². The number of benzene rings is 1. The molecular formula is C30H33F2N5O3. The first-order chi connectivity index (χ1) is 19.2. The van der Waals surface area contributed by atoms with Crippen molar-refractivity contribution in [1.82, 2.24) is 19.6 Å². The Bertz CT molecular complexity index is 1500. The second kappa shape index (κ2) is 10.6. The second-order valence-electron chi connectivity index (χ2n) is 11.2. The molecule has 0 spiro atoms. The van der Waals surface area contributed by atoms with Crippen LogP contribution in [-0.4, -0.2) is 55.2 Å². The molecule has 4 N–H and O–H groups in total. The largest absolute Gasteiger partial charge is 0.391 e. The first-order valence-electron chi connectivity index (χ1n) is 13.7. The third-order valence-corrected chi connectivity index (χ3v) is 8.57. The molecule has 6 rings (SSSR count). The summed E-state index contributed by atoms with van der Waals surface area (Å²) in [4.78, 5) is 8.89. The summed E-state index contributed by atoms with van der Waals surface area (Å²) in [7, 11) is 0. The van der Waals surface area contributed by atoms with Crippen LogP contribution in [0.2, 0.25) is 0 Å². The van der Waals surface area contributed by atoms with Gasteiger partial charge in [-0.2, -0.15) is 5.10 Å². The first kappa shape index (κ1) is 26.9. The molecule has 4 atom stereocenters. The second-order valence-corrected chi connectivity index (χ2v) is 11.2. The van der Waals surface area contributed by atoms with Crippen molar-refractivity contribution in [2.24, 2.45) is 11.7 Å². The minimum absolute atomic E-state index is 0.0783. The zero-order chi connectivity index (χ0) is 28.0. The number of hydrogen-bond acceptors (Lipinski definition) is 7. The molecule has 210 valence electrons. The molecule has 1 aliphatic heterocycles. The maximum Gasteiger partial charge on any atom is 0.136 e. The number of halogens is 2. The number of fused-ring (bicyclic) bond motifs is 1. The van der Waals surface area contributed by atoms with Gasteiger partial charge in [0, 0.05) is 50.9 Å². The van der Waals surface area contributed by atoms with E-state index >= 15 is 8.78 Å². The topological polar surface area (TPSA) is 119 Å². The number of rotatable bonds is 5. The number of pyridine rings is 1. The Morgan fingerprint density at radius 1 is 1.10 bits per heavy atom. The highest BCUT2D eigenvalue weighted by Crippen LogP contribution is 2.38. The third kappa shape index (κ3) is 4.89. The lowest BCUT2D eigenvalue weighted by Gasteiger charge is -2.36. The molecule has 0 amide bonds. The van der Waals surface area contributed by atoms with Crippen molar-refractivity contribution < 1.29 is 23.7 Å². The van der Waals surface area contributed by atoms with Crippen LogP contribution >= 0.6 is 0 Å². The maximum atomic E-state index is 15.4. The van der Waals surface area contributed by atoms with E-state index in [0.717, 1.165) is 17.5 Å². The van der Waals surface area contributed by atoms with Crippen LogP contribution in [0.3, 0.4) is 0 Å². The predicted molar refractivity (Wildman–Crippen MR) is 144 cm³/mol. The minimum Gasteiger partial charge on any atom is -0.391 e. The fraction of sp³-hybridized carbons (Fsp3) is 0.433. The molecule has 1 saturated carbocycles. The van der Waals surface area contributed by atoms with E-state index in [9.17, 15) is 10.2 Å². The maximum absolute atomic E-state index is 15.4. The molecule has 0 radical (unpaired) electrons. The van der Waals surface area contributed by atoms with Crippen molar-refractivity contribution in [3.05, 3.63) is 83.1 Å². The predicted octanol–water partition coefficient (Wildman–Crippen LogP) is 3.86. The normalized spacial score (nSPS) is 24.9. The van der Waals surface area contributed by atoms with Crippen LogP contribution in [0.4, 0.5) is 8.78 Å². The average Bonchev–Trinajstić information content (AvgIpc) is 3.33. The van der Waals surface area contributed by atoms with Gasteiger partial charge in [0.15, 0.2) is 0 Å². The highest BCUT2D eigenvalue weighted by molar-refractivity contribution is 5.63. The lowest BCUT2D eigenvalue weighted by molar-refractivity contribution is -0.0682. The molecule has 2 fully saturated rings. The van der Waals surface area contributed by atoms with Gasteiger partial charge in [0.05, 0.1) is 34.7 Å². The number of aliphatic hydroxyl groups excluding tert-OH is 1. The molecule has 10 heteroatoms. The highest BCUT2D eigenvalue weighted by Gasteiger charge is 2.35. The van der Waals surface area contributed by atoms with Gasteiger partial charge in [-0.25, -0.2) is 18.3 Å². The van der Waals surface area contributed by atoms with Crippen LogP contribution in [0.1, 0.15) is 61.0 Å². The Morgan fingerprint density at radius 3 is 2.58 bits per heavy atom. The SMILES string of the molecule is C[C@H]1C[C@@H](c2ccncc2Cc2ncc3ccc(-c4c(F)cc(C5(O)CCOCC5)cc4F)nn23)C[C@@H](N)[C@@H]1O. The highest BCUT2D eigenvalue weighted by atomic mass is 19.1. The lowest BCUT2D eigenvalue weighted by Crippen LogP contribution is -2.44. The number of hydrogen-bond donors (Lipinski definition) is 3. The van der Waals surface area contributed by atoms with E-state index < -0.39 is 23.3 Å². The molecule has 8 nitrogen and oxygen atoms in total. The van der Waals surface area contributed by atoms with Crippen LogP contribution in [0.15, 0.2) is 48.9 Å². The van der Waals surface area contributed by atoms with Crippen LogP contribution in [0.5, 0.6) is 0 Å². The van der Waals surface area contributed by atoms with E-state index in [0.29, 0.717) is 37.4 Å². The first-order valence-corrected chi connectivity index (χ1v) is 13.7. The monoisotopic (exact) mass is 549 g/mol. The van der Waals surface area contributed by atoms with Crippen molar-refractivity contribution in [3.8, 4) is 11.3 Å². The molecule has 40 heavy (non-hydrogen) atoms. The Labute approximate surface area is 230 Å². The van der Waals surface area contributed by atoms with E-state index in [1.165, 1.54) is 12.1 Å². The van der Waals surface area contributed by atoms with Crippen LogP contribution in [0, 0.1) is 17.6 Å². The molecule has 1 saturated heterocycles. The fourth-order valence-corrected chi connectivity index (χ4v) is 6.25. The van der Waals surface area contributed by atoms with Gasteiger partial charge in [-0.1, -0.05) is 6.92 Å². The van der Waals surface area contributed by atoms with Crippen molar-refractivity contribution in [1.29, 1.82) is 0 Å². The summed E-state index contributed by atoms with van der Waals surface area (Å²) in [6.45, 7) is 2.67. The number of aromatic nitrogens is 4. The van der Waals surface area contributed by atoms with Gasteiger partial charge in [-0.3, -0.25) is 4.98 Å². The van der Waals surface area contributed by atoms with Crippen LogP contribution < -0.4 is 5.73 Å². The summed E-state index contributed by atoms with van der Waals surface area (Å²) < 4.78 is 37.6. The van der Waals surface area contributed by atoms with E-state index in [2.05, 4.69) is 15.1 Å². The molecular weight excluding hydrogens is 516 g/mol. The van der Waals surface area contributed by atoms with Crippen LogP contribution in [-0.2, 0) is 16.8 Å². The van der Waals surface area contributed by atoms with E-state index in [4.69, 9.17) is 10.5 Å². The van der Waals surface area contributed by atoms with Crippen molar-refractivity contribution >= 4 is 5.52 Å². The number of nitrogens with two attached hydrogens (primary N) is 1. The van der Waals surface area contributed by atoms with Gasteiger partial charge in [-0.15, -0.1) is 0 Å². The van der Waals surface area contributed by atoms with Gasteiger partial charge in [0.25, 0.3) is 0 Å². The zero-order valence-electron chi connectivity index (χ0n) is 22.3. The van der Waals surface area contributed by atoms with Crippen molar-refractivity contribution in [2.75, 3.05) is 13.2 Å². The van der Waals surface area contributed by atoms with Gasteiger partial charge in [0.2, 0.25) is 0 Å². The fourth-order valence-electron chi connectivity index (χ4n) is 6.25. The molecule has 2 aliphatic rings. The summed E-state index contributed by atoms with van der Waals surface area (Å²) in [5.74, 6) is -0.720. The van der Waals surface area contributed by atoms with Gasteiger partial charge in [0.1, 0.15) is 17.5 Å². The standard InChI is InChI=1S/C30H33F2N5O3/c1-17-10-18(11-25(33)29(17)38)22-4-7-34-15-19(22)12-27-35-16-21-2-3-26(36-37(21)27)28-23(31)13-20(14-24(28)32)30(39)5-8-40-9-6-30/h2-4,7,13-18,25,29,38-39H,5-6,8-12,33H2,1H3/t17-,18+,25+,29+/m0/s1. The zero-order valence-corrected chi connectivity index (χ0v) is 22.3. The summed E-state index contributed by atoms with van der Waals surface area (Å²) in [5, 5.41) is 25.8. The summed E-state index contributed by atoms with van der Waals surface area (Å²) in [6, 6.07) is 7.37. The molecule has 0 bridgehead atoms. The number of nitrogens with zero attached hydrogens (tertiary/aromatic N) is 4. The lowest BCUT2D eigenvalue weighted by atomic mass is 9.74. The average molecular weight is 550 g/mol. The van der Waals surface area contributed by atoms with Crippen molar-refractivity contribution in [2.45, 2.75) is 62.7 Å². The molecule has 4 aromatic rings. The molecule has 0 unspecified atom stereocenters. The van der Waals surface area contributed by atoms with Crippen molar-refractivity contribution in [3.63, 3.8) is 0 Å². The van der Waals surface area contributed by atoms with E-state index in [-0.39, 0.29) is 47.5 Å². The molecule has 3 aromatic heterocycles. The molecule has 1 aromatic carbocycles. The van der Waals surface area contributed by atoms with Gasteiger partial charge >= 0.3 is 0 Å². The summed E-state index contributed by atoms with van der Waals surface area (Å²) in [5.41, 5.74) is 7.74.